The number of morpholine rings is 1. The zero-order chi connectivity index (χ0) is 15.1. The molecule has 3 fully saturated rings. The minimum Gasteiger partial charge on any atom is -0.389 e. The molecular weight excluding hydrogens is 266 g/mol. The van der Waals surface area contributed by atoms with Crippen molar-refractivity contribution in [1.29, 1.82) is 0 Å². The molecule has 0 spiro atoms. The van der Waals surface area contributed by atoms with Crippen LogP contribution in [0.3, 0.4) is 0 Å². The second-order valence-corrected chi connectivity index (χ2v) is 8.00. The van der Waals surface area contributed by atoms with E-state index in [-0.39, 0.29) is 11.5 Å². The molecule has 1 heterocycles. The van der Waals surface area contributed by atoms with Crippen LogP contribution in [-0.2, 0) is 9.47 Å². The van der Waals surface area contributed by atoms with Gasteiger partial charge in [0.05, 0.1) is 32.0 Å². The molecule has 4 heteroatoms. The second-order valence-electron chi connectivity index (χ2n) is 8.00. The highest BCUT2D eigenvalue weighted by Gasteiger charge is 2.61. The van der Waals surface area contributed by atoms with E-state index in [0.29, 0.717) is 24.7 Å². The molecular formula is C17H31NO3. The van der Waals surface area contributed by atoms with Gasteiger partial charge in [-0.3, -0.25) is 4.90 Å². The first-order valence-corrected chi connectivity index (χ1v) is 8.53. The third-order valence-corrected chi connectivity index (χ3v) is 6.78. The Morgan fingerprint density at radius 3 is 2.57 bits per heavy atom. The molecule has 0 amide bonds. The van der Waals surface area contributed by atoms with Crippen LogP contribution in [0.5, 0.6) is 0 Å². The van der Waals surface area contributed by atoms with Crippen LogP contribution in [0.15, 0.2) is 0 Å². The number of hydrogen-bond donors (Lipinski definition) is 1. The van der Waals surface area contributed by atoms with Crippen molar-refractivity contribution in [1.82, 2.24) is 4.90 Å². The molecule has 1 saturated heterocycles. The van der Waals surface area contributed by atoms with E-state index in [2.05, 4.69) is 25.7 Å². The zero-order valence-corrected chi connectivity index (χ0v) is 13.8. The largest absolute Gasteiger partial charge is 0.389 e. The summed E-state index contributed by atoms with van der Waals surface area (Å²) in [5.41, 5.74) is 0.670. The van der Waals surface area contributed by atoms with E-state index in [9.17, 15) is 5.11 Å². The fourth-order valence-corrected chi connectivity index (χ4v) is 4.74. The summed E-state index contributed by atoms with van der Waals surface area (Å²) in [6.07, 6.45) is 3.74. The van der Waals surface area contributed by atoms with Crippen LogP contribution in [0.4, 0.5) is 0 Å². The van der Waals surface area contributed by atoms with Gasteiger partial charge in [-0.1, -0.05) is 20.8 Å². The molecule has 3 aliphatic rings. The van der Waals surface area contributed by atoms with E-state index < -0.39 is 0 Å². The van der Waals surface area contributed by atoms with Gasteiger partial charge >= 0.3 is 0 Å². The molecule has 0 radical (unpaired) electrons. The Hall–Kier alpha value is -0.160. The normalized spacial score (nSPS) is 40.6. The van der Waals surface area contributed by atoms with Crippen molar-refractivity contribution < 1.29 is 14.6 Å². The second kappa shape index (κ2) is 5.80. The van der Waals surface area contributed by atoms with Gasteiger partial charge in [-0.15, -0.1) is 0 Å². The molecule has 0 aromatic carbocycles. The molecule has 21 heavy (non-hydrogen) atoms. The van der Waals surface area contributed by atoms with Gasteiger partial charge in [0.2, 0.25) is 0 Å². The Kier molecular flexibility index (Phi) is 4.34. The van der Waals surface area contributed by atoms with Gasteiger partial charge < -0.3 is 14.6 Å². The summed E-state index contributed by atoms with van der Waals surface area (Å²) in [7, 11) is 0. The predicted molar refractivity (Wildman–Crippen MR) is 82.2 cm³/mol. The molecule has 2 aliphatic carbocycles. The first-order chi connectivity index (χ1) is 9.93. The third-order valence-electron chi connectivity index (χ3n) is 6.78. The molecule has 122 valence electrons. The van der Waals surface area contributed by atoms with Crippen LogP contribution >= 0.6 is 0 Å². The minimum atomic E-state index is -0.381. The maximum Gasteiger partial charge on any atom is 0.0900 e. The smallest absolute Gasteiger partial charge is 0.0900 e. The van der Waals surface area contributed by atoms with Crippen molar-refractivity contribution in [2.75, 3.05) is 39.5 Å². The van der Waals surface area contributed by atoms with Crippen molar-refractivity contribution in [3.63, 3.8) is 0 Å². The van der Waals surface area contributed by atoms with E-state index in [0.717, 1.165) is 32.2 Å². The number of ether oxygens (including phenoxy) is 2. The highest BCUT2D eigenvalue weighted by atomic mass is 16.5. The van der Waals surface area contributed by atoms with Crippen molar-refractivity contribution in [3.05, 3.63) is 0 Å². The molecule has 0 aromatic heterocycles. The average Bonchev–Trinajstić information content (AvgIpc) is 2.79. The molecule has 2 saturated carbocycles. The average molecular weight is 297 g/mol. The lowest BCUT2D eigenvalue weighted by molar-refractivity contribution is -0.0831. The Bertz CT molecular complexity index is 367. The lowest BCUT2D eigenvalue weighted by atomic mass is 9.70. The maximum atomic E-state index is 10.2. The summed E-state index contributed by atoms with van der Waals surface area (Å²) in [6, 6.07) is 0. The first kappa shape index (κ1) is 15.7. The Morgan fingerprint density at radius 1 is 1.29 bits per heavy atom. The zero-order valence-electron chi connectivity index (χ0n) is 13.8. The topological polar surface area (TPSA) is 41.9 Å². The minimum absolute atomic E-state index is 0.288. The van der Waals surface area contributed by atoms with Gasteiger partial charge in [0.15, 0.2) is 0 Å². The van der Waals surface area contributed by atoms with Crippen LogP contribution in [0.1, 0.15) is 40.0 Å². The number of rotatable bonds is 5. The van der Waals surface area contributed by atoms with Crippen molar-refractivity contribution in [2.45, 2.75) is 52.2 Å². The summed E-state index contributed by atoms with van der Waals surface area (Å²) < 4.78 is 11.5. The highest BCUT2D eigenvalue weighted by molar-refractivity contribution is 5.11. The highest BCUT2D eigenvalue weighted by Crippen LogP contribution is 2.66. The summed E-state index contributed by atoms with van der Waals surface area (Å²) in [5, 5.41) is 10.2. The van der Waals surface area contributed by atoms with Crippen LogP contribution in [0.25, 0.3) is 0 Å². The standard InChI is InChI=1S/C17H31NO3/c1-16(2)13-4-5-17(16,3)15(10-13)21-12-14(19)11-18-6-8-20-9-7-18/h13-15,19H,4-12H2,1-3H3/t13-,14-,15+,17-/m0/s1. The molecule has 1 aliphatic heterocycles. The fourth-order valence-electron chi connectivity index (χ4n) is 4.74. The summed E-state index contributed by atoms with van der Waals surface area (Å²) in [5.74, 6) is 0.795. The number of hydrogen-bond acceptors (Lipinski definition) is 4. The van der Waals surface area contributed by atoms with Crippen LogP contribution in [0.2, 0.25) is 0 Å². The summed E-state index contributed by atoms with van der Waals surface area (Å²) in [4.78, 5) is 2.27. The van der Waals surface area contributed by atoms with E-state index >= 15 is 0 Å². The van der Waals surface area contributed by atoms with E-state index in [1.165, 1.54) is 19.3 Å². The Balaban J connectivity index is 1.47. The van der Waals surface area contributed by atoms with Crippen LogP contribution in [0, 0.1) is 16.7 Å². The molecule has 4 nitrogen and oxygen atoms in total. The van der Waals surface area contributed by atoms with E-state index in [4.69, 9.17) is 9.47 Å². The molecule has 0 aromatic rings. The number of β-amino-alcohol motifs (C(OH)–C–C–N with tert-alkyl or cyclic N) is 1. The molecule has 0 unspecified atom stereocenters. The molecule has 4 atom stereocenters. The summed E-state index contributed by atoms with van der Waals surface area (Å²) >= 11 is 0. The monoisotopic (exact) mass is 297 g/mol. The van der Waals surface area contributed by atoms with Gasteiger partial charge in [-0.05, 0) is 36.0 Å². The van der Waals surface area contributed by atoms with Gasteiger partial charge in [0.25, 0.3) is 0 Å². The lowest BCUT2D eigenvalue weighted by Gasteiger charge is -2.39. The molecule has 1 N–H and O–H groups in total. The quantitative estimate of drug-likeness (QED) is 0.842. The van der Waals surface area contributed by atoms with Crippen molar-refractivity contribution >= 4 is 0 Å². The SMILES string of the molecule is CC1(C)[C@H]2CC[C@@]1(C)[C@H](OC[C@@H](O)CN1CCOCC1)C2. The van der Waals surface area contributed by atoms with E-state index in [1.54, 1.807) is 0 Å². The van der Waals surface area contributed by atoms with Crippen molar-refractivity contribution in [3.8, 4) is 0 Å². The Labute approximate surface area is 128 Å². The van der Waals surface area contributed by atoms with Gasteiger partial charge in [-0.25, -0.2) is 0 Å². The number of fused-ring (bicyclic) bond motifs is 2. The van der Waals surface area contributed by atoms with Crippen molar-refractivity contribution in [2.24, 2.45) is 16.7 Å². The first-order valence-electron chi connectivity index (χ1n) is 8.53. The maximum absolute atomic E-state index is 10.2. The van der Waals surface area contributed by atoms with Gasteiger partial charge in [0, 0.05) is 19.6 Å². The van der Waals surface area contributed by atoms with Gasteiger partial charge in [0.1, 0.15) is 0 Å². The lowest BCUT2D eigenvalue weighted by Crippen LogP contribution is -2.43. The predicted octanol–water partition coefficient (Wildman–Crippen LogP) is 1.91. The molecule has 3 rings (SSSR count). The number of aliphatic hydroxyl groups is 1. The third kappa shape index (κ3) is 2.76. The molecule has 2 bridgehead atoms. The Morgan fingerprint density at radius 2 is 2.00 bits per heavy atom. The van der Waals surface area contributed by atoms with Gasteiger partial charge in [-0.2, -0.15) is 0 Å². The van der Waals surface area contributed by atoms with E-state index in [1.807, 2.05) is 0 Å². The van der Waals surface area contributed by atoms with Crippen LogP contribution in [-0.4, -0.2) is 61.7 Å². The fraction of sp³-hybridized carbons (Fsp3) is 1.00. The number of aliphatic hydroxyl groups excluding tert-OH is 1. The summed E-state index contributed by atoms with van der Waals surface area (Å²) in [6.45, 7) is 11.8. The van der Waals surface area contributed by atoms with Crippen LogP contribution < -0.4 is 0 Å². The number of nitrogens with zero attached hydrogens (tertiary/aromatic N) is 1.